The molecule has 0 aromatic carbocycles. The lowest BCUT2D eigenvalue weighted by molar-refractivity contribution is 0.0128. The predicted molar refractivity (Wildman–Crippen MR) is 74.0 cm³/mol. The molecule has 4 atom stereocenters. The Morgan fingerprint density at radius 1 is 1.33 bits per heavy atom. The van der Waals surface area contributed by atoms with Crippen molar-refractivity contribution in [2.24, 2.45) is 11.8 Å². The number of anilines is 1. The molecule has 4 fully saturated rings. The third-order valence-electron chi connectivity index (χ3n) is 6.16. The second kappa shape index (κ2) is 4.20. The second-order valence-electron chi connectivity index (χ2n) is 7.15. The minimum absolute atomic E-state index is 0.0741. The maximum atomic E-state index is 9.66. The fraction of sp³-hybridized carbons (Fsp3) is 0.867. The highest BCUT2D eigenvalue weighted by molar-refractivity contribution is 5.36. The first kappa shape index (κ1) is 12.4. The average molecular weight is 291 g/mol. The van der Waals surface area contributed by atoms with E-state index in [4.69, 9.17) is 9.26 Å². The summed E-state index contributed by atoms with van der Waals surface area (Å²) in [4.78, 5) is 6.80. The molecule has 0 unspecified atom stereocenters. The Kier molecular flexibility index (Phi) is 2.48. The van der Waals surface area contributed by atoms with Crippen LogP contribution in [0.5, 0.6) is 0 Å². The van der Waals surface area contributed by atoms with Gasteiger partial charge in [-0.1, -0.05) is 6.42 Å². The highest BCUT2D eigenvalue weighted by Gasteiger charge is 2.63. The smallest absolute Gasteiger partial charge is 0.266 e. The highest BCUT2D eigenvalue weighted by Crippen LogP contribution is 2.55. The molecule has 6 heteroatoms. The molecule has 1 aromatic rings. The molecule has 114 valence electrons. The van der Waals surface area contributed by atoms with Gasteiger partial charge in [0.1, 0.15) is 0 Å². The van der Waals surface area contributed by atoms with E-state index in [1.807, 2.05) is 0 Å². The first-order chi connectivity index (χ1) is 10.3. The van der Waals surface area contributed by atoms with Gasteiger partial charge in [0.25, 0.3) is 5.95 Å². The van der Waals surface area contributed by atoms with Crippen molar-refractivity contribution >= 4 is 5.95 Å². The molecule has 1 aromatic heterocycles. The van der Waals surface area contributed by atoms with E-state index in [-0.39, 0.29) is 24.2 Å². The Morgan fingerprint density at radius 3 is 3.00 bits per heavy atom. The van der Waals surface area contributed by atoms with Crippen LogP contribution < -0.4 is 4.90 Å². The van der Waals surface area contributed by atoms with Gasteiger partial charge in [0, 0.05) is 30.9 Å². The van der Waals surface area contributed by atoms with Gasteiger partial charge >= 0.3 is 0 Å². The number of rotatable bonds is 3. The summed E-state index contributed by atoms with van der Waals surface area (Å²) in [5.41, 5.74) is -0.0741. The molecule has 3 saturated heterocycles. The van der Waals surface area contributed by atoms with Gasteiger partial charge in [-0.25, -0.2) is 0 Å². The van der Waals surface area contributed by atoms with E-state index in [0.717, 1.165) is 31.8 Å². The number of aliphatic hydroxyl groups is 1. The number of fused-ring (bicyclic) bond motifs is 1. The van der Waals surface area contributed by atoms with Crippen LogP contribution in [0.25, 0.3) is 0 Å². The normalized spacial score (nSPS) is 41.6. The molecule has 3 aliphatic heterocycles. The highest BCUT2D eigenvalue weighted by atomic mass is 16.5. The quantitative estimate of drug-likeness (QED) is 0.905. The van der Waals surface area contributed by atoms with E-state index in [2.05, 4.69) is 15.0 Å². The molecule has 0 radical (unpaired) electrons. The number of ether oxygens (including phenoxy) is 1. The molecule has 4 heterocycles. The van der Waals surface area contributed by atoms with Crippen LogP contribution in [-0.4, -0.2) is 46.6 Å². The first-order valence-corrected chi connectivity index (χ1v) is 8.16. The third-order valence-corrected chi connectivity index (χ3v) is 6.16. The number of hydrogen-bond donors (Lipinski definition) is 1. The van der Waals surface area contributed by atoms with Gasteiger partial charge < -0.3 is 19.3 Å². The van der Waals surface area contributed by atoms with E-state index in [0.29, 0.717) is 17.8 Å². The Bertz CT molecular complexity index is 558. The van der Waals surface area contributed by atoms with Gasteiger partial charge in [-0.2, -0.15) is 4.98 Å². The summed E-state index contributed by atoms with van der Waals surface area (Å²) in [6.07, 6.45) is 6.05. The van der Waals surface area contributed by atoms with Crippen LogP contribution in [0.3, 0.4) is 0 Å². The average Bonchev–Trinajstić information content (AvgIpc) is 3.13. The molecular weight excluding hydrogens is 270 g/mol. The Balaban J connectivity index is 1.39. The monoisotopic (exact) mass is 291 g/mol. The van der Waals surface area contributed by atoms with Crippen LogP contribution in [-0.2, 0) is 4.74 Å². The van der Waals surface area contributed by atoms with Gasteiger partial charge in [-0.15, -0.1) is 0 Å². The Labute approximate surface area is 123 Å². The molecule has 21 heavy (non-hydrogen) atoms. The zero-order chi connectivity index (χ0) is 14.0. The molecule has 1 spiro atoms. The van der Waals surface area contributed by atoms with Gasteiger partial charge in [-0.05, 0) is 30.8 Å². The number of nitrogens with zero attached hydrogens (tertiary/aromatic N) is 3. The minimum atomic E-state index is -0.0741. The van der Waals surface area contributed by atoms with Crippen molar-refractivity contribution in [2.75, 3.05) is 24.6 Å². The van der Waals surface area contributed by atoms with Gasteiger partial charge in [0.2, 0.25) is 5.89 Å². The zero-order valence-corrected chi connectivity index (χ0v) is 12.1. The summed E-state index contributed by atoms with van der Waals surface area (Å²) in [5, 5.41) is 13.8. The van der Waals surface area contributed by atoms with E-state index in [1.165, 1.54) is 19.3 Å². The zero-order valence-electron chi connectivity index (χ0n) is 12.1. The Morgan fingerprint density at radius 2 is 2.24 bits per heavy atom. The van der Waals surface area contributed by atoms with Crippen LogP contribution in [0, 0.1) is 11.8 Å². The lowest BCUT2D eigenvalue weighted by Gasteiger charge is -2.27. The van der Waals surface area contributed by atoms with Crippen LogP contribution >= 0.6 is 0 Å². The number of aliphatic hydroxyl groups excluding tert-OH is 1. The van der Waals surface area contributed by atoms with Gasteiger partial charge in [0.05, 0.1) is 18.2 Å². The summed E-state index contributed by atoms with van der Waals surface area (Å²) in [6, 6.07) is 0. The van der Waals surface area contributed by atoms with Gasteiger partial charge in [0.15, 0.2) is 0 Å². The van der Waals surface area contributed by atoms with Crippen molar-refractivity contribution in [2.45, 2.75) is 49.7 Å². The van der Waals surface area contributed by atoms with E-state index in [9.17, 15) is 5.11 Å². The molecule has 2 bridgehead atoms. The van der Waals surface area contributed by atoms with Gasteiger partial charge in [-0.3, -0.25) is 0 Å². The maximum Gasteiger partial charge on any atom is 0.266 e. The number of hydrogen-bond acceptors (Lipinski definition) is 6. The predicted octanol–water partition coefficient (Wildman–Crippen LogP) is 1.31. The summed E-state index contributed by atoms with van der Waals surface area (Å²) in [5.74, 6) is 2.68. The molecule has 0 amide bonds. The van der Waals surface area contributed by atoms with E-state index >= 15 is 0 Å². The van der Waals surface area contributed by atoms with Crippen LogP contribution in [0.15, 0.2) is 4.52 Å². The van der Waals surface area contributed by atoms with E-state index in [1.54, 1.807) is 0 Å². The van der Waals surface area contributed by atoms with Crippen molar-refractivity contribution in [3.8, 4) is 0 Å². The van der Waals surface area contributed by atoms with Crippen LogP contribution in [0.1, 0.15) is 43.9 Å². The van der Waals surface area contributed by atoms with Crippen molar-refractivity contribution < 1.29 is 14.4 Å². The summed E-state index contributed by atoms with van der Waals surface area (Å²) >= 11 is 0. The lowest BCUT2D eigenvalue weighted by Crippen LogP contribution is -2.37. The minimum Gasteiger partial charge on any atom is -0.396 e. The molecule has 4 aliphatic rings. The topological polar surface area (TPSA) is 71.6 Å². The molecular formula is C15H21N3O3. The fourth-order valence-electron chi connectivity index (χ4n) is 4.76. The number of aromatic nitrogens is 2. The van der Waals surface area contributed by atoms with Crippen molar-refractivity contribution in [1.82, 2.24) is 10.1 Å². The molecule has 6 nitrogen and oxygen atoms in total. The van der Waals surface area contributed by atoms with Crippen molar-refractivity contribution in [3.05, 3.63) is 5.89 Å². The SMILES string of the molecule is OC[C@H]1[C@@H]2CC[C@@]3(CN(c4noc(C5CCC5)n4)C[C@@H]13)O2. The van der Waals surface area contributed by atoms with Crippen LogP contribution in [0.2, 0.25) is 0 Å². The molecule has 1 aliphatic carbocycles. The van der Waals surface area contributed by atoms with Crippen molar-refractivity contribution in [3.63, 3.8) is 0 Å². The molecule has 1 saturated carbocycles. The van der Waals surface area contributed by atoms with E-state index < -0.39 is 0 Å². The maximum absolute atomic E-state index is 9.66. The summed E-state index contributed by atoms with van der Waals surface area (Å²) < 4.78 is 11.7. The first-order valence-electron chi connectivity index (χ1n) is 8.16. The molecule has 1 N–H and O–H groups in total. The standard InChI is InChI=1S/C15H21N3O3/c19-7-10-11-6-18(8-15(11)5-4-12(10)20-15)14-16-13(21-17-14)9-2-1-3-9/h9-12,19H,1-8H2/t10-,11+,12+,15+/m1/s1. The summed E-state index contributed by atoms with van der Waals surface area (Å²) in [6.45, 7) is 1.95. The lowest BCUT2D eigenvalue weighted by atomic mass is 9.74. The summed E-state index contributed by atoms with van der Waals surface area (Å²) in [7, 11) is 0. The largest absolute Gasteiger partial charge is 0.396 e. The fourth-order valence-corrected chi connectivity index (χ4v) is 4.76. The second-order valence-corrected chi connectivity index (χ2v) is 7.15. The van der Waals surface area contributed by atoms with Crippen molar-refractivity contribution in [1.29, 1.82) is 0 Å². The Hall–Kier alpha value is -1.14. The third kappa shape index (κ3) is 1.60. The van der Waals surface area contributed by atoms with Crippen LogP contribution in [0.4, 0.5) is 5.95 Å². The molecule has 5 rings (SSSR count).